The Kier molecular flexibility index (Phi) is 6.51. The molecule has 2 saturated heterocycles. The van der Waals surface area contributed by atoms with Gasteiger partial charge in [-0.3, -0.25) is 18.9 Å². The number of amides is 1. The first kappa shape index (κ1) is 23.8. The summed E-state index contributed by atoms with van der Waals surface area (Å²) >= 11 is 6.85. The van der Waals surface area contributed by atoms with Crippen molar-refractivity contribution >= 4 is 51.7 Å². The quantitative estimate of drug-likeness (QED) is 0.362. The minimum atomic E-state index is -0.200. The van der Waals surface area contributed by atoms with Crippen molar-refractivity contribution in [3.63, 3.8) is 0 Å². The molecule has 0 unspecified atom stereocenters. The van der Waals surface area contributed by atoms with Crippen LogP contribution in [-0.4, -0.2) is 37.6 Å². The van der Waals surface area contributed by atoms with Crippen LogP contribution in [0.25, 0.3) is 11.7 Å². The number of hydrogen-bond donors (Lipinski definition) is 0. The van der Waals surface area contributed by atoms with Crippen molar-refractivity contribution in [2.75, 3.05) is 18.0 Å². The SMILES string of the molecule is C[C@H]1C[C@H](C)CN(c2nc3ccccn3c(=O)c2/C=C2/SC(=S)N([C@H](C)c3ccccc3)C2=O)C1. The van der Waals surface area contributed by atoms with E-state index in [0.29, 0.717) is 38.1 Å². The van der Waals surface area contributed by atoms with E-state index in [2.05, 4.69) is 18.7 Å². The van der Waals surface area contributed by atoms with Crippen LogP contribution in [0.2, 0.25) is 0 Å². The van der Waals surface area contributed by atoms with Gasteiger partial charge in [-0.2, -0.15) is 0 Å². The number of rotatable bonds is 4. The van der Waals surface area contributed by atoms with Crippen LogP contribution in [0.1, 0.15) is 44.4 Å². The number of aromatic nitrogens is 2. The van der Waals surface area contributed by atoms with E-state index < -0.39 is 0 Å². The molecule has 2 aliphatic heterocycles. The number of nitrogens with zero attached hydrogens (tertiary/aromatic N) is 4. The van der Waals surface area contributed by atoms with Gasteiger partial charge in [0.2, 0.25) is 0 Å². The van der Waals surface area contributed by atoms with Crippen LogP contribution in [-0.2, 0) is 4.79 Å². The van der Waals surface area contributed by atoms with E-state index in [1.807, 2.05) is 55.5 Å². The number of fused-ring (bicyclic) bond motifs is 1. The number of pyridine rings is 1. The van der Waals surface area contributed by atoms with Crippen LogP contribution >= 0.6 is 24.0 Å². The van der Waals surface area contributed by atoms with Gasteiger partial charge in [0.05, 0.1) is 16.5 Å². The second-order valence-corrected chi connectivity index (χ2v) is 11.2. The standard InChI is InChI=1S/C27H28N4O2S2/c1-17-13-18(2)16-29(15-17)24-21(25(32)30-12-8-7-11-23(30)28-24)14-22-26(33)31(27(34)35-22)19(3)20-9-5-4-6-10-20/h4-12,14,17-19H,13,15-16H2,1-3H3/b22-14+/t17-,18-,19+/m0/s1. The average Bonchev–Trinajstić information content (AvgIpc) is 3.12. The number of anilines is 1. The summed E-state index contributed by atoms with van der Waals surface area (Å²) in [7, 11) is 0. The summed E-state index contributed by atoms with van der Waals surface area (Å²) in [4.78, 5) is 36.3. The third kappa shape index (κ3) is 4.52. The van der Waals surface area contributed by atoms with Crippen LogP contribution in [0.15, 0.2) is 64.4 Å². The molecule has 2 aliphatic rings. The van der Waals surface area contributed by atoms with Gasteiger partial charge in [-0.05, 0) is 49.0 Å². The third-order valence-electron chi connectivity index (χ3n) is 6.69. The lowest BCUT2D eigenvalue weighted by atomic mass is 9.91. The summed E-state index contributed by atoms with van der Waals surface area (Å²) in [5.74, 6) is 1.45. The maximum Gasteiger partial charge on any atom is 0.267 e. The molecule has 3 atom stereocenters. The van der Waals surface area contributed by atoms with E-state index >= 15 is 0 Å². The van der Waals surface area contributed by atoms with Crippen molar-refractivity contribution in [2.45, 2.75) is 33.2 Å². The Hall–Kier alpha value is -2.97. The lowest BCUT2D eigenvalue weighted by Gasteiger charge is -2.36. The monoisotopic (exact) mass is 504 g/mol. The van der Waals surface area contributed by atoms with E-state index in [4.69, 9.17) is 17.2 Å². The molecular formula is C27H28N4O2S2. The largest absolute Gasteiger partial charge is 0.355 e. The maximum atomic E-state index is 13.7. The molecule has 0 saturated carbocycles. The number of thiocarbonyl (C=S) groups is 1. The van der Waals surface area contributed by atoms with Crippen molar-refractivity contribution in [2.24, 2.45) is 11.8 Å². The molecule has 0 aliphatic carbocycles. The van der Waals surface area contributed by atoms with E-state index in [1.54, 1.807) is 21.6 Å². The molecular weight excluding hydrogens is 476 g/mol. The molecule has 35 heavy (non-hydrogen) atoms. The molecule has 8 heteroatoms. The van der Waals surface area contributed by atoms with Gasteiger partial charge in [0.1, 0.15) is 15.8 Å². The molecule has 1 amide bonds. The normalized spacial score (nSPS) is 22.9. The smallest absolute Gasteiger partial charge is 0.267 e. The molecule has 1 aromatic carbocycles. The second-order valence-electron chi connectivity index (χ2n) is 9.57. The van der Waals surface area contributed by atoms with Gasteiger partial charge in [0.25, 0.3) is 11.5 Å². The summed E-state index contributed by atoms with van der Waals surface area (Å²) in [5.41, 5.74) is 1.86. The second kappa shape index (κ2) is 9.59. The zero-order valence-corrected chi connectivity index (χ0v) is 21.7. The van der Waals surface area contributed by atoms with Gasteiger partial charge in [-0.15, -0.1) is 0 Å². The maximum absolute atomic E-state index is 13.7. The molecule has 2 fully saturated rings. The molecule has 3 aromatic rings. The fourth-order valence-electron chi connectivity index (χ4n) is 5.12. The van der Waals surface area contributed by atoms with E-state index in [1.165, 1.54) is 11.8 Å². The molecule has 0 spiro atoms. The number of benzene rings is 1. The first-order valence-corrected chi connectivity index (χ1v) is 13.1. The third-order valence-corrected chi connectivity index (χ3v) is 8.02. The topological polar surface area (TPSA) is 57.9 Å². The number of piperidine rings is 1. The van der Waals surface area contributed by atoms with Crippen molar-refractivity contribution in [3.8, 4) is 0 Å². The summed E-state index contributed by atoms with van der Waals surface area (Å²) in [5, 5.41) is 0. The summed E-state index contributed by atoms with van der Waals surface area (Å²) in [6.07, 6.45) is 4.56. The zero-order chi connectivity index (χ0) is 24.7. The van der Waals surface area contributed by atoms with Crippen LogP contribution < -0.4 is 10.5 Å². The van der Waals surface area contributed by atoms with Gasteiger partial charge < -0.3 is 4.90 Å². The van der Waals surface area contributed by atoms with Crippen molar-refractivity contribution in [3.05, 3.63) is 81.1 Å². The van der Waals surface area contributed by atoms with Gasteiger partial charge in [-0.25, -0.2) is 4.98 Å². The predicted molar refractivity (Wildman–Crippen MR) is 146 cm³/mol. The molecule has 5 rings (SSSR count). The highest BCUT2D eigenvalue weighted by Crippen LogP contribution is 2.38. The number of hydrogen-bond acceptors (Lipinski definition) is 6. The van der Waals surface area contributed by atoms with E-state index in [9.17, 15) is 9.59 Å². The predicted octanol–water partition coefficient (Wildman–Crippen LogP) is 5.14. The Bertz CT molecular complexity index is 1370. The average molecular weight is 505 g/mol. The van der Waals surface area contributed by atoms with E-state index in [0.717, 1.165) is 25.1 Å². The molecule has 2 aromatic heterocycles. The minimum Gasteiger partial charge on any atom is -0.355 e. The highest BCUT2D eigenvalue weighted by molar-refractivity contribution is 8.26. The molecule has 0 bridgehead atoms. The highest BCUT2D eigenvalue weighted by atomic mass is 32.2. The number of carbonyl (C=O) groups excluding carboxylic acids is 1. The van der Waals surface area contributed by atoms with Crippen LogP contribution in [0, 0.1) is 11.8 Å². The highest BCUT2D eigenvalue weighted by Gasteiger charge is 2.37. The summed E-state index contributed by atoms with van der Waals surface area (Å²) < 4.78 is 2.03. The fraction of sp³-hybridized carbons (Fsp3) is 0.333. The molecule has 180 valence electrons. The van der Waals surface area contributed by atoms with Crippen molar-refractivity contribution in [1.29, 1.82) is 0 Å². The first-order chi connectivity index (χ1) is 16.8. The van der Waals surface area contributed by atoms with Crippen LogP contribution in [0.3, 0.4) is 0 Å². The van der Waals surface area contributed by atoms with Crippen LogP contribution in [0.4, 0.5) is 5.82 Å². The summed E-state index contributed by atoms with van der Waals surface area (Å²) in [6, 6.07) is 15.2. The fourth-order valence-corrected chi connectivity index (χ4v) is 6.52. The van der Waals surface area contributed by atoms with E-state index in [-0.39, 0.29) is 17.5 Å². The lowest BCUT2D eigenvalue weighted by Crippen LogP contribution is -2.40. The molecule has 0 N–H and O–H groups in total. The van der Waals surface area contributed by atoms with Crippen molar-refractivity contribution in [1.82, 2.24) is 14.3 Å². The number of carbonyl (C=O) groups is 1. The molecule has 0 radical (unpaired) electrons. The molecule has 6 nitrogen and oxygen atoms in total. The molecule has 4 heterocycles. The van der Waals surface area contributed by atoms with Crippen LogP contribution in [0.5, 0.6) is 0 Å². The van der Waals surface area contributed by atoms with Gasteiger partial charge in [0.15, 0.2) is 0 Å². The Labute approximate surface area is 214 Å². The van der Waals surface area contributed by atoms with Crippen molar-refractivity contribution < 1.29 is 4.79 Å². The van der Waals surface area contributed by atoms with Gasteiger partial charge in [0, 0.05) is 19.3 Å². The summed E-state index contributed by atoms with van der Waals surface area (Å²) in [6.45, 7) is 8.08. The Morgan fingerprint density at radius 2 is 1.74 bits per heavy atom. The lowest BCUT2D eigenvalue weighted by molar-refractivity contribution is -0.123. The Morgan fingerprint density at radius 1 is 1.06 bits per heavy atom. The van der Waals surface area contributed by atoms with Gasteiger partial charge in [-0.1, -0.05) is 74.2 Å². The Balaban J connectivity index is 1.59. The minimum absolute atomic E-state index is 0.180. The first-order valence-electron chi connectivity index (χ1n) is 11.9. The van der Waals surface area contributed by atoms with Gasteiger partial charge >= 0.3 is 0 Å². The Morgan fingerprint density at radius 3 is 2.46 bits per heavy atom. The number of thioether (sulfide) groups is 1. The zero-order valence-electron chi connectivity index (χ0n) is 20.0.